The zero-order valence-corrected chi connectivity index (χ0v) is 19.5. The van der Waals surface area contributed by atoms with Crippen LogP contribution in [0, 0.1) is 0 Å². The summed E-state index contributed by atoms with van der Waals surface area (Å²) < 4.78 is 5.02. The zero-order valence-electron chi connectivity index (χ0n) is 19.5. The summed E-state index contributed by atoms with van der Waals surface area (Å²) in [6.45, 7) is 3.26. The van der Waals surface area contributed by atoms with Gasteiger partial charge in [-0.05, 0) is 59.4 Å². The van der Waals surface area contributed by atoms with Gasteiger partial charge < -0.3 is 10.1 Å². The molecule has 0 aliphatic rings. The number of carbonyl (C=O) groups excluding carboxylic acids is 1. The van der Waals surface area contributed by atoms with Crippen molar-refractivity contribution in [1.82, 2.24) is 15.2 Å². The van der Waals surface area contributed by atoms with E-state index >= 15 is 0 Å². The van der Waals surface area contributed by atoms with Gasteiger partial charge in [0.2, 0.25) is 0 Å². The van der Waals surface area contributed by atoms with E-state index in [-0.39, 0.29) is 0 Å². The van der Waals surface area contributed by atoms with Crippen molar-refractivity contribution >= 4 is 23.2 Å². The fourth-order valence-electron chi connectivity index (χ4n) is 4.28. The fourth-order valence-corrected chi connectivity index (χ4v) is 4.28. The first-order valence-corrected chi connectivity index (χ1v) is 11.7. The molecule has 2 N–H and O–H groups in total. The molecule has 0 fully saturated rings. The van der Waals surface area contributed by atoms with Crippen LogP contribution in [0.4, 0.5) is 5.82 Å². The van der Waals surface area contributed by atoms with E-state index in [2.05, 4.69) is 71.0 Å². The Hall–Kier alpha value is -4.45. The van der Waals surface area contributed by atoms with E-state index in [0.29, 0.717) is 12.2 Å². The SMILES string of the molecule is CCc1cc(OC=O)ccc1-c1cc2[nH]ncc2c(NCCc2ccc(-c3ccccc3)cc2)n1. The molecule has 0 saturated carbocycles. The Morgan fingerprint density at radius 1 is 0.971 bits per heavy atom. The van der Waals surface area contributed by atoms with Crippen molar-refractivity contribution in [1.29, 1.82) is 0 Å². The van der Waals surface area contributed by atoms with Crippen molar-refractivity contribution in [3.05, 3.63) is 96.2 Å². The van der Waals surface area contributed by atoms with Gasteiger partial charge in [0, 0.05) is 12.1 Å². The highest BCUT2D eigenvalue weighted by atomic mass is 16.5. The zero-order chi connectivity index (χ0) is 24.0. The third-order valence-electron chi connectivity index (χ3n) is 6.12. The lowest BCUT2D eigenvalue weighted by atomic mass is 10.0. The average molecular weight is 463 g/mol. The maximum absolute atomic E-state index is 10.7. The van der Waals surface area contributed by atoms with Crippen LogP contribution >= 0.6 is 0 Å². The van der Waals surface area contributed by atoms with Crippen LogP contribution in [0.5, 0.6) is 5.75 Å². The lowest BCUT2D eigenvalue weighted by Crippen LogP contribution is -2.07. The normalized spacial score (nSPS) is 10.9. The summed E-state index contributed by atoms with van der Waals surface area (Å²) in [4.78, 5) is 15.7. The average Bonchev–Trinajstić information content (AvgIpc) is 3.39. The van der Waals surface area contributed by atoms with E-state index in [0.717, 1.165) is 52.9 Å². The molecular formula is C29H26N4O2. The Labute approximate surface area is 204 Å². The molecule has 0 spiro atoms. The number of hydrogen-bond acceptors (Lipinski definition) is 5. The van der Waals surface area contributed by atoms with Crippen molar-refractivity contribution in [3.63, 3.8) is 0 Å². The number of fused-ring (bicyclic) bond motifs is 1. The topological polar surface area (TPSA) is 79.9 Å². The Morgan fingerprint density at radius 3 is 2.54 bits per heavy atom. The van der Waals surface area contributed by atoms with Crippen molar-refractivity contribution < 1.29 is 9.53 Å². The fraction of sp³-hybridized carbons (Fsp3) is 0.138. The maximum Gasteiger partial charge on any atom is 0.298 e. The summed E-state index contributed by atoms with van der Waals surface area (Å²) in [5.41, 5.74) is 7.51. The van der Waals surface area contributed by atoms with Crippen LogP contribution in [0.2, 0.25) is 0 Å². The number of aromatic amines is 1. The summed E-state index contributed by atoms with van der Waals surface area (Å²) in [5, 5.41) is 11.7. The highest BCUT2D eigenvalue weighted by Gasteiger charge is 2.13. The summed E-state index contributed by atoms with van der Waals surface area (Å²) in [7, 11) is 0. The first kappa shape index (κ1) is 22.3. The third-order valence-corrected chi connectivity index (χ3v) is 6.12. The molecule has 5 aromatic rings. The number of carbonyl (C=O) groups is 1. The molecule has 2 heterocycles. The second-order valence-electron chi connectivity index (χ2n) is 8.31. The molecule has 3 aromatic carbocycles. The molecule has 0 aliphatic carbocycles. The molecule has 0 unspecified atom stereocenters. The monoisotopic (exact) mass is 462 g/mol. The first-order valence-electron chi connectivity index (χ1n) is 11.7. The van der Waals surface area contributed by atoms with Crippen LogP contribution in [0.3, 0.4) is 0 Å². The molecule has 0 saturated heterocycles. The van der Waals surface area contributed by atoms with Crippen molar-refractivity contribution in [2.45, 2.75) is 19.8 Å². The van der Waals surface area contributed by atoms with Crippen molar-refractivity contribution in [2.75, 3.05) is 11.9 Å². The van der Waals surface area contributed by atoms with Crippen LogP contribution in [-0.4, -0.2) is 28.2 Å². The molecule has 5 rings (SSSR count). The molecule has 2 aromatic heterocycles. The van der Waals surface area contributed by atoms with Gasteiger partial charge in [0.25, 0.3) is 6.47 Å². The minimum Gasteiger partial charge on any atom is -0.429 e. The van der Waals surface area contributed by atoms with Gasteiger partial charge in [0.05, 0.1) is 22.8 Å². The molecule has 0 amide bonds. The van der Waals surface area contributed by atoms with Crippen LogP contribution in [0.15, 0.2) is 85.1 Å². The van der Waals surface area contributed by atoms with Gasteiger partial charge in [0.15, 0.2) is 0 Å². The minimum absolute atomic E-state index is 0.445. The highest BCUT2D eigenvalue weighted by Crippen LogP contribution is 2.31. The molecular weight excluding hydrogens is 436 g/mol. The predicted molar refractivity (Wildman–Crippen MR) is 139 cm³/mol. The minimum atomic E-state index is 0.445. The summed E-state index contributed by atoms with van der Waals surface area (Å²) >= 11 is 0. The Morgan fingerprint density at radius 2 is 1.77 bits per heavy atom. The quantitative estimate of drug-likeness (QED) is 0.261. The van der Waals surface area contributed by atoms with E-state index in [9.17, 15) is 4.79 Å². The van der Waals surface area contributed by atoms with Gasteiger partial charge >= 0.3 is 0 Å². The van der Waals surface area contributed by atoms with E-state index in [1.165, 1.54) is 16.7 Å². The number of nitrogens with one attached hydrogen (secondary N) is 2. The number of anilines is 1. The molecule has 174 valence electrons. The molecule has 0 bridgehead atoms. The number of aryl methyl sites for hydroxylation is 1. The number of nitrogens with zero attached hydrogens (tertiary/aromatic N) is 2. The number of benzene rings is 3. The van der Waals surface area contributed by atoms with Crippen LogP contribution in [-0.2, 0) is 17.6 Å². The predicted octanol–water partition coefficient (Wildman–Crippen LogP) is 6.04. The van der Waals surface area contributed by atoms with Gasteiger partial charge in [-0.15, -0.1) is 0 Å². The van der Waals surface area contributed by atoms with Gasteiger partial charge in [-0.3, -0.25) is 9.89 Å². The first-order chi connectivity index (χ1) is 17.2. The van der Waals surface area contributed by atoms with Crippen LogP contribution in [0.25, 0.3) is 33.3 Å². The Balaban J connectivity index is 1.35. The Bertz CT molecular complexity index is 1440. The number of hydrogen-bond donors (Lipinski definition) is 2. The third kappa shape index (κ3) is 4.92. The largest absolute Gasteiger partial charge is 0.429 e. The van der Waals surface area contributed by atoms with Gasteiger partial charge in [-0.25, -0.2) is 4.98 Å². The van der Waals surface area contributed by atoms with Crippen LogP contribution < -0.4 is 10.1 Å². The molecule has 35 heavy (non-hydrogen) atoms. The Kier molecular flexibility index (Phi) is 6.52. The molecule has 0 radical (unpaired) electrons. The van der Waals surface area contributed by atoms with E-state index < -0.39 is 0 Å². The van der Waals surface area contributed by atoms with E-state index in [1.54, 1.807) is 12.3 Å². The molecule has 0 aliphatic heterocycles. The standard InChI is InChI=1S/C29H26N4O2/c1-2-21-16-24(35-19-34)12-13-25(21)27-17-28-26(18-31-33-28)29(32-27)30-15-14-20-8-10-23(11-9-20)22-6-4-3-5-7-22/h3-13,16-19H,2,14-15H2,1H3,(H,30,32)(H,31,33). The number of ether oxygens (including phenoxy) is 1. The summed E-state index contributed by atoms with van der Waals surface area (Å²) in [5.74, 6) is 1.32. The molecule has 0 atom stereocenters. The van der Waals surface area contributed by atoms with Crippen molar-refractivity contribution in [3.8, 4) is 28.1 Å². The van der Waals surface area contributed by atoms with Crippen molar-refractivity contribution in [2.24, 2.45) is 0 Å². The molecule has 6 heteroatoms. The molecule has 6 nitrogen and oxygen atoms in total. The lowest BCUT2D eigenvalue weighted by Gasteiger charge is -2.13. The maximum atomic E-state index is 10.7. The number of H-pyrrole nitrogens is 1. The summed E-state index contributed by atoms with van der Waals surface area (Å²) in [6, 6.07) is 26.7. The van der Waals surface area contributed by atoms with E-state index in [1.807, 2.05) is 24.3 Å². The van der Waals surface area contributed by atoms with E-state index in [4.69, 9.17) is 9.72 Å². The second-order valence-corrected chi connectivity index (χ2v) is 8.31. The van der Waals surface area contributed by atoms with Gasteiger partial charge in [-0.1, -0.05) is 61.5 Å². The van der Waals surface area contributed by atoms with Gasteiger partial charge in [-0.2, -0.15) is 5.10 Å². The van der Waals surface area contributed by atoms with Crippen LogP contribution in [0.1, 0.15) is 18.1 Å². The smallest absolute Gasteiger partial charge is 0.298 e. The number of rotatable bonds is 9. The number of aromatic nitrogens is 3. The number of pyridine rings is 1. The lowest BCUT2D eigenvalue weighted by molar-refractivity contribution is -0.120. The summed E-state index contributed by atoms with van der Waals surface area (Å²) in [6.07, 6.45) is 3.46. The van der Waals surface area contributed by atoms with Gasteiger partial charge in [0.1, 0.15) is 11.6 Å². The highest BCUT2D eigenvalue weighted by molar-refractivity contribution is 5.92. The second kappa shape index (κ2) is 10.2.